The second kappa shape index (κ2) is 13.0. The molecule has 0 saturated heterocycles. The molecule has 3 rings (SSSR count). The number of rotatable bonds is 5. The maximum absolute atomic E-state index is 14.4. The molecule has 0 saturated carbocycles. The van der Waals surface area contributed by atoms with Gasteiger partial charge < -0.3 is 10.1 Å². The number of hydrogen-bond donors (Lipinski definition) is 1. The normalized spacial score (nSPS) is 9.79. The standard InChI is InChI=1S/C21H12BrF4NO3.C2H6.H2S/c22-13-8-4-7-12(9-13)21(29)30-19-17(25)15(23)14(16(24)18(19)26)20(28)27-10-11-5-2-1-3-6-11;1-2;/h1-9H,10H2,(H,27,28);1-2H3;1H2. The Balaban J connectivity index is 0.00000177. The van der Waals surface area contributed by atoms with Crippen LogP contribution >= 0.6 is 29.4 Å². The molecule has 3 aromatic carbocycles. The molecule has 0 bridgehead atoms. The van der Waals surface area contributed by atoms with Crippen molar-refractivity contribution < 1.29 is 31.9 Å². The van der Waals surface area contributed by atoms with Crippen molar-refractivity contribution in [1.82, 2.24) is 5.32 Å². The lowest BCUT2D eigenvalue weighted by molar-refractivity contribution is 0.0717. The van der Waals surface area contributed by atoms with Crippen LogP contribution in [0.3, 0.4) is 0 Å². The fourth-order valence-electron chi connectivity index (χ4n) is 2.53. The first-order chi connectivity index (χ1) is 15.3. The van der Waals surface area contributed by atoms with E-state index < -0.39 is 46.5 Å². The van der Waals surface area contributed by atoms with Crippen molar-refractivity contribution in [3.8, 4) is 5.75 Å². The average Bonchev–Trinajstić information content (AvgIpc) is 2.81. The van der Waals surface area contributed by atoms with E-state index in [1.54, 1.807) is 36.4 Å². The quantitative estimate of drug-likeness (QED) is 0.177. The molecule has 0 unspecified atom stereocenters. The molecule has 1 N–H and O–H groups in total. The van der Waals surface area contributed by atoms with E-state index in [-0.39, 0.29) is 25.6 Å². The van der Waals surface area contributed by atoms with Gasteiger partial charge in [-0.15, -0.1) is 0 Å². The summed E-state index contributed by atoms with van der Waals surface area (Å²) in [5.74, 6) is -12.1. The molecule has 176 valence electrons. The number of nitrogens with one attached hydrogen (secondary N) is 1. The summed E-state index contributed by atoms with van der Waals surface area (Å²) >= 11 is 3.10. The summed E-state index contributed by atoms with van der Waals surface area (Å²) in [4.78, 5) is 24.2. The van der Waals surface area contributed by atoms with Crippen LogP contribution in [0, 0.1) is 23.3 Å². The first-order valence-corrected chi connectivity index (χ1v) is 10.2. The molecule has 0 heterocycles. The van der Waals surface area contributed by atoms with Crippen molar-refractivity contribution in [2.75, 3.05) is 0 Å². The summed E-state index contributed by atoms with van der Waals surface area (Å²) < 4.78 is 62.4. The Labute approximate surface area is 203 Å². The van der Waals surface area contributed by atoms with Gasteiger partial charge in [-0.25, -0.2) is 13.6 Å². The zero-order chi connectivity index (χ0) is 23.8. The molecule has 0 spiro atoms. The minimum absolute atomic E-state index is 0. The van der Waals surface area contributed by atoms with Gasteiger partial charge in [0.2, 0.25) is 17.4 Å². The van der Waals surface area contributed by atoms with Gasteiger partial charge in [0.25, 0.3) is 5.91 Å². The summed E-state index contributed by atoms with van der Waals surface area (Å²) in [7, 11) is 0. The van der Waals surface area contributed by atoms with E-state index in [2.05, 4.69) is 26.0 Å². The van der Waals surface area contributed by atoms with Gasteiger partial charge in [0.05, 0.1) is 5.56 Å². The lowest BCUT2D eigenvalue weighted by Crippen LogP contribution is -2.26. The van der Waals surface area contributed by atoms with Crippen LogP contribution in [0.4, 0.5) is 17.6 Å². The van der Waals surface area contributed by atoms with Crippen molar-refractivity contribution in [2.24, 2.45) is 0 Å². The van der Waals surface area contributed by atoms with Crippen LogP contribution in [-0.4, -0.2) is 11.9 Å². The molecule has 1 amide bonds. The monoisotopic (exact) mass is 545 g/mol. The van der Waals surface area contributed by atoms with Crippen LogP contribution in [0.25, 0.3) is 0 Å². The fourth-order valence-corrected chi connectivity index (χ4v) is 2.93. The molecule has 0 aliphatic carbocycles. The molecule has 10 heteroatoms. The summed E-state index contributed by atoms with van der Waals surface area (Å²) in [6.45, 7) is 3.88. The first-order valence-electron chi connectivity index (χ1n) is 9.45. The maximum atomic E-state index is 14.4. The number of ether oxygens (including phenoxy) is 1. The smallest absolute Gasteiger partial charge is 0.343 e. The van der Waals surface area contributed by atoms with Gasteiger partial charge in [0, 0.05) is 11.0 Å². The lowest BCUT2D eigenvalue weighted by Gasteiger charge is -2.12. The van der Waals surface area contributed by atoms with Crippen LogP contribution in [0.2, 0.25) is 0 Å². The Morgan fingerprint density at radius 1 is 0.879 bits per heavy atom. The summed E-state index contributed by atoms with van der Waals surface area (Å²) in [6, 6.07) is 14.0. The Bertz CT molecular complexity index is 1100. The van der Waals surface area contributed by atoms with E-state index in [0.29, 0.717) is 10.0 Å². The molecular weight excluding hydrogens is 526 g/mol. The Hall–Kier alpha value is -2.85. The van der Waals surface area contributed by atoms with Gasteiger partial charge in [0.1, 0.15) is 5.56 Å². The van der Waals surface area contributed by atoms with Crippen molar-refractivity contribution in [1.29, 1.82) is 0 Å². The highest BCUT2D eigenvalue weighted by atomic mass is 79.9. The number of amides is 1. The Morgan fingerprint density at radius 3 is 2.00 bits per heavy atom. The molecule has 3 aromatic rings. The molecule has 0 atom stereocenters. The van der Waals surface area contributed by atoms with Crippen LogP contribution in [0.5, 0.6) is 5.75 Å². The molecule has 0 aromatic heterocycles. The molecule has 0 aliphatic heterocycles. The van der Waals surface area contributed by atoms with Crippen molar-refractivity contribution in [2.45, 2.75) is 20.4 Å². The minimum Gasteiger partial charge on any atom is -0.416 e. The van der Waals surface area contributed by atoms with Crippen molar-refractivity contribution >= 4 is 41.3 Å². The van der Waals surface area contributed by atoms with E-state index in [0.717, 1.165) is 0 Å². The maximum Gasteiger partial charge on any atom is 0.343 e. The Kier molecular flexibility index (Phi) is 11.1. The van der Waals surface area contributed by atoms with Gasteiger partial charge in [-0.2, -0.15) is 22.3 Å². The summed E-state index contributed by atoms with van der Waals surface area (Å²) in [5, 5.41) is 2.18. The molecule has 4 nitrogen and oxygen atoms in total. The predicted octanol–water partition coefficient (Wildman–Crippen LogP) is 6.29. The summed E-state index contributed by atoms with van der Waals surface area (Å²) in [5.41, 5.74) is -0.968. The van der Waals surface area contributed by atoms with Gasteiger partial charge in [-0.3, -0.25) is 4.79 Å². The largest absolute Gasteiger partial charge is 0.416 e. The molecule has 0 fully saturated rings. The molecule has 0 aliphatic rings. The lowest BCUT2D eigenvalue weighted by atomic mass is 10.1. The van der Waals surface area contributed by atoms with Gasteiger partial charge in [0.15, 0.2) is 11.6 Å². The minimum atomic E-state index is -2.00. The van der Waals surface area contributed by atoms with Crippen LogP contribution < -0.4 is 10.1 Å². The van der Waals surface area contributed by atoms with E-state index in [4.69, 9.17) is 0 Å². The zero-order valence-corrected chi connectivity index (χ0v) is 20.1. The molecular formula is C23H20BrF4NO3S. The van der Waals surface area contributed by atoms with E-state index in [9.17, 15) is 27.2 Å². The predicted molar refractivity (Wildman–Crippen MR) is 125 cm³/mol. The number of carbonyl (C=O) groups is 2. The highest BCUT2D eigenvalue weighted by molar-refractivity contribution is 9.10. The van der Waals surface area contributed by atoms with Gasteiger partial charge in [-0.05, 0) is 23.8 Å². The number of benzene rings is 3. The van der Waals surface area contributed by atoms with E-state index in [1.807, 2.05) is 13.8 Å². The fraction of sp³-hybridized carbons (Fsp3) is 0.130. The van der Waals surface area contributed by atoms with Gasteiger partial charge >= 0.3 is 5.97 Å². The Morgan fingerprint density at radius 2 is 1.45 bits per heavy atom. The molecule has 0 radical (unpaired) electrons. The second-order valence-corrected chi connectivity index (χ2v) is 6.94. The number of carbonyl (C=O) groups excluding carboxylic acids is 2. The van der Waals surface area contributed by atoms with Crippen LogP contribution in [0.15, 0.2) is 59.1 Å². The average molecular weight is 546 g/mol. The number of hydrogen-bond acceptors (Lipinski definition) is 3. The van der Waals surface area contributed by atoms with Crippen LogP contribution in [0.1, 0.15) is 40.1 Å². The highest BCUT2D eigenvalue weighted by Gasteiger charge is 2.31. The third-order valence-electron chi connectivity index (χ3n) is 4.00. The highest BCUT2D eigenvalue weighted by Crippen LogP contribution is 2.31. The van der Waals surface area contributed by atoms with Crippen molar-refractivity contribution in [3.05, 3.63) is 99.0 Å². The second-order valence-electron chi connectivity index (χ2n) is 6.03. The van der Waals surface area contributed by atoms with Crippen LogP contribution in [-0.2, 0) is 6.54 Å². The summed E-state index contributed by atoms with van der Waals surface area (Å²) in [6.07, 6.45) is 0. The molecule has 33 heavy (non-hydrogen) atoms. The third kappa shape index (κ3) is 6.82. The third-order valence-corrected chi connectivity index (χ3v) is 4.49. The SMILES string of the molecule is CC.O=C(Oc1c(F)c(F)c(C(=O)NCc2ccccc2)c(F)c1F)c1cccc(Br)c1.S. The van der Waals surface area contributed by atoms with E-state index in [1.165, 1.54) is 18.2 Å². The number of halogens is 5. The van der Waals surface area contributed by atoms with Crippen molar-refractivity contribution in [3.63, 3.8) is 0 Å². The van der Waals surface area contributed by atoms with E-state index >= 15 is 0 Å². The zero-order valence-electron chi connectivity index (χ0n) is 17.5. The topological polar surface area (TPSA) is 55.4 Å². The van der Waals surface area contributed by atoms with Gasteiger partial charge in [-0.1, -0.05) is 66.2 Å². The first kappa shape index (κ1) is 28.2. The number of esters is 1.